The fourth-order valence-corrected chi connectivity index (χ4v) is 3.25. The molecule has 0 bridgehead atoms. The van der Waals surface area contributed by atoms with Gasteiger partial charge in [-0.1, -0.05) is 52.0 Å². The zero-order valence-corrected chi connectivity index (χ0v) is 14.1. The van der Waals surface area contributed by atoms with Gasteiger partial charge in [-0.3, -0.25) is 0 Å². The number of halogens is 1. The average molecular weight is 300 g/mol. The third-order valence-electron chi connectivity index (χ3n) is 4.38. The van der Waals surface area contributed by atoms with Gasteiger partial charge in [0.2, 0.25) is 0 Å². The van der Waals surface area contributed by atoms with Gasteiger partial charge < -0.3 is 4.74 Å². The predicted octanol–water partition coefficient (Wildman–Crippen LogP) is 5.48. The topological polar surface area (TPSA) is 9.23 Å². The van der Waals surface area contributed by atoms with Gasteiger partial charge in [-0.15, -0.1) is 0 Å². The Morgan fingerprint density at radius 3 is 1.59 bits per heavy atom. The summed E-state index contributed by atoms with van der Waals surface area (Å²) < 4.78 is 18.4. The Morgan fingerprint density at radius 2 is 1.18 bits per heavy atom. The third kappa shape index (κ3) is 3.68. The minimum Gasteiger partial charge on any atom is -0.497 e. The number of rotatable bonds is 5. The molecule has 0 radical (unpaired) electrons. The van der Waals surface area contributed by atoms with Gasteiger partial charge in [0.1, 0.15) is 11.6 Å². The minimum atomic E-state index is -0.186. The largest absolute Gasteiger partial charge is 0.497 e. The smallest absolute Gasteiger partial charge is 0.123 e. The first-order valence-corrected chi connectivity index (χ1v) is 7.65. The summed E-state index contributed by atoms with van der Waals surface area (Å²) in [4.78, 5) is 0. The Labute approximate surface area is 133 Å². The second-order valence-corrected chi connectivity index (χ2v) is 7.18. The Morgan fingerprint density at radius 1 is 0.773 bits per heavy atom. The average Bonchev–Trinajstić information content (AvgIpc) is 2.46. The molecule has 118 valence electrons. The van der Waals surface area contributed by atoms with E-state index in [-0.39, 0.29) is 16.6 Å². The summed E-state index contributed by atoms with van der Waals surface area (Å²) in [6.45, 7) is 8.93. The van der Waals surface area contributed by atoms with Crippen molar-refractivity contribution in [1.29, 1.82) is 0 Å². The third-order valence-corrected chi connectivity index (χ3v) is 4.38. The van der Waals surface area contributed by atoms with E-state index in [2.05, 4.69) is 39.8 Å². The summed E-state index contributed by atoms with van der Waals surface area (Å²) in [5, 5.41) is 0. The second-order valence-electron chi connectivity index (χ2n) is 7.18. The van der Waals surface area contributed by atoms with Crippen LogP contribution in [0.1, 0.15) is 45.2 Å². The number of benzene rings is 2. The highest BCUT2D eigenvalue weighted by Crippen LogP contribution is 2.39. The summed E-state index contributed by atoms with van der Waals surface area (Å²) in [6, 6.07) is 15.1. The quantitative estimate of drug-likeness (QED) is 0.710. The molecule has 0 heterocycles. The van der Waals surface area contributed by atoms with Gasteiger partial charge in [-0.2, -0.15) is 0 Å². The summed E-state index contributed by atoms with van der Waals surface area (Å²) in [5.74, 6) is 0.686. The van der Waals surface area contributed by atoms with E-state index in [0.29, 0.717) is 0 Å². The molecule has 2 heteroatoms. The molecule has 0 aliphatic carbocycles. The van der Waals surface area contributed by atoms with Crippen molar-refractivity contribution in [3.8, 4) is 5.75 Å². The molecule has 2 rings (SSSR count). The lowest BCUT2D eigenvalue weighted by molar-refractivity contribution is 0.348. The van der Waals surface area contributed by atoms with Crippen LogP contribution in [0.25, 0.3) is 0 Å². The van der Waals surface area contributed by atoms with Gasteiger partial charge in [0.05, 0.1) is 7.11 Å². The molecule has 22 heavy (non-hydrogen) atoms. The number of methoxy groups -OCH3 is 1. The van der Waals surface area contributed by atoms with Crippen LogP contribution in [-0.2, 0) is 10.8 Å². The van der Waals surface area contributed by atoms with Gasteiger partial charge in [-0.25, -0.2) is 4.39 Å². The van der Waals surface area contributed by atoms with E-state index >= 15 is 0 Å². The van der Waals surface area contributed by atoms with E-state index in [9.17, 15) is 4.39 Å². The SMILES string of the molecule is COc1ccc(C(C)(C)CC(C)(C)c2ccc(F)cc2)cc1. The van der Waals surface area contributed by atoms with Crippen molar-refractivity contribution in [3.63, 3.8) is 0 Å². The zero-order chi connectivity index (χ0) is 16.4. The van der Waals surface area contributed by atoms with Crippen LogP contribution in [0.2, 0.25) is 0 Å². The second kappa shape index (κ2) is 6.12. The Balaban J connectivity index is 2.23. The van der Waals surface area contributed by atoms with Crippen molar-refractivity contribution in [2.45, 2.75) is 44.9 Å². The highest BCUT2D eigenvalue weighted by Gasteiger charge is 2.31. The van der Waals surface area contributed by atoms with Crippen LogP contribution in [0.15, 0.2) is 48.5 Å². The van der Waals surface area contributed by atoms with Crippen LogP contribution in [-0.4, -0.2) is 7.11 Å². The molecule has 0 spiro atoms. The molecular weight excluding hydrogens is 275 g/mol. The molecule has 0 saturated heterocycles. The lowest BCUT2D eigenvalue weighted by Crippen LogP contribution is -2.29. The lowest BCUT2D eigenvalue weighted by Gasteiger charge is -2.36. The molecule has 0 aliphatic heterocycles. The maximum atomic E-state index is 13.1. The molecule has 0 unspecified atom stereocenters. The molecule has 0 aliphatic rings. The maximum absolute atomic E-state index is 13.1. The Hall–Kier alpha value is -1.83. The van der Waals surface area contributed by atoms with E-state index in [4.69, 9.17) is 4.74 Å². The molecule has 0 atom stereocenters. The molecule has 0 saturated carbocycles. The summed E-state index contributed by atoms with van der Waals surface area (Å²) >= 11 is 0. The van der Waals surface area contributed by atoms with Crippen LogP contribution in [0.3, 0.4) is 0 Å². The first-order valence-electron chi connectivity index (χ1n) is 7.65. The van der Waals surface area contributed by atoms with Crippen LogP contribution in [0, 0.1) is 5.82 Å². The van der Waals surface area contributed by atoms with Crippen LogP contribution >= 0.6 is 0 Å². The predicted molar refractivity (Wildman–Crippen MR) is 90.1 cm³/mol. The Bertz CT molecular complexity index is 609. The highest BCUT2D eigenvalue weighted by molar-refractivity contribution is 5.33. The van der Waals surface area contributed by atoms with Gasteiger partial charge in [0.25, 0.3) is 0 Å². The first kappa shape index (κ1) is 16.5. The van der Waals surface area contributed by atoms with Crippen LogP contribution < -0.4 is 4.74 Å². The van der Waals surface area contributed by atoms with Crippen molar-refractivity contribution < 1.29 is 9.13 Å². The fourth-order valence-electron chi connectivity index (χ4n) is 3.25. The Kier molecular flexibility index (Phi) is 4.60. The van der Waals surface area contributed by atoms with Crippen LogP contribution in [0.4, 0.5) is 4.39 Å². The summed E-state index contributed by atoms with van der Waals surface area (Å²) in [5.41, 5.74) is 2.43. The van der Waals surface area contributed by atoms with Gasteiger partial charge in [0, 0.05) is 0 Å². The minimum absolute atomic E-state index is 0.0180. The standard InChI is InChI=1S/C20H25FO/c1-19(2,15-6-10-17(21)11-7-15)14-20(3,4)16-8-12-18(22-5)13-9-16/h6-13H,14H2,1-5H3. The number of ether oxygens (including phenoxy) is 1. The molecule has 2 aromatic rings. The molecule has 1 nitrogen and oxygen atoms in total. The number of hydrogen-bond donors (Lipinski definition) is 0. The molecule has 0 N–H and O–H groups in total. The summed E-state index contributed by atoms with van der Waals surface area (Å²) in [6.07, 6.45) is 0.970. The highest BCUT2D eigenvalue weighted by atomic mass is 19.1. The molecule has 0 aromatic heterocycles. The van der Waals surface area contributed by atoms with Gasteiger partial charge in [0.15, 0.2) is 0 Å². The lowest BCUT2D eigenvalue weighted by atomic mass is 9.68. The monoisotopic (exact) mass is 300 g/mol. The number of hydrogen-bond acceptors (Lipinski definition) is 1. The fraction of sp³-hybridized carbons (Fsp3) is 0.400. The van der Waals surface area contributed by atoms with E-state index < -0.39 is 0 Å². The molecule has 0 amide bonds. The van der Waals surface area contributed by atoms with Crippen molar-refractivity contribution in [3.05, 3.63) is 65.5 Å². The molecular formula is C20H25FO. The zero-order valence-electron chi connectivity index (χ0n) is 14.1. The van der Waals surface area contributed by atoms with Gasteiger partial charge >= 0.3 is 0 Å². The van der Waals surface area contributed by atoms with E-state index in [1.165, 1.54) is 17.7 Å². The van der Waals surface area contributed by atoms with E-state index in [0.717, 1.165) is 17.7 Å². The van der Waals surface area contributed by atoms with Crippen molar-refractivity contribution in [2.24, 2.45) is 0 Å². The van der Waals surface area contributed by atoms with Crippen molar-refractivity contribution in [2.75, 3.05) is 7.11 Å². The van der Waals surface area contributed by atoms with E-state index in [1.54, 1.807) is 7.11 Å². The van der Waals surface area contributed by atoms with Crippen molar-refractivity contribution >= 4 is 0 Å². The molecule has 0 fully saturated rings. The molecule has 2 aromatic carbocycles. The van der Waals surface area contributed by atoms with E-state index in [1.807, 2.05) is 24.3 Å². The first-order chi connectivity index (χ1) is 10.2. The van der Waals surface area contributed by atoms with Crippen molar-refractivity contribution in [1.82, 2.24) is 0 Å². The summed E-state index contributed by atoms with van der Waals surface area (Å²) in [7, 11) is 1.68. The van der Waals surface area contributed by atoms with Gasteiger partial charge in [-0.05, 0) is 52.6 Å². The normalized spacial score (nSPS) is 12.3. The van der Waals surface area contributed by atoms with Crippen LogP contribution in [0.5, 0.6) is 5.75 Å². The maximum Gasteiger partial charge on any atom is 0.123 e.